The van der Waals surface area contributed by atoms with Crippen LogP contribution in [0.4, 0.5) is 5.82 Å². The summed E-state index contributed by atoms with van der Waals surface area (Å²) in [5, 5.41) is 25.0. The zero-order valence-electron chi connectivity index (χ0n) is 17.6. The summed E-state index contributed by atoms with van der Waals surface area (Å²) in [4.78, 5) is 16.2. The van der Waals surface area contributed by atoms with E-state index in [-0.39, 0.29) is 24.8 Å². The van der Waals surface area contributed by atoms with Gasteiger partial charge in [-0.2, -0.15) is 5.10 Å². The topological polar surface area (TPSA) is 170 Å². The third-order valence-corrected chi connectivity index (χ3v) is 7.37. The third-order valence-electron chi connectivity index (χ3n) is 6.07. The Bertz CT molecular complexity index is 1080. The second-order valence-electron chi connectivity index (χ2n) is 8.27. The van der Waals surface area contributed by atoms with Crippen molar-refractivity contribution in [3.8, 4) is 0 Å². The monoisotopic (exact) mass is 469 g/mol. The lowest BCUT2D eigenvalue weighted by atomic mass is 9.95. The first-order valence-corrected chi connectivity index (χ1v) is 12.2. The van der Waals surface area contributed by atoms with E-state index in [9.17, 15) is 23.4 Å². The highest BCUT2D eigenvalue weighted by molar-refractivity contribution is 7.88. The Morgan fingerprint density at radius 1 is 1.28 bits per heavy atom. The maximum absolute atomic E-state index is 12.3. The second kappa shape index (κ2) is 8.90. The number of esters is 1. The summed E-state index contributed by atoms with van der Waals surface area (Å²) in [6.45, 7) is 0.555. The van der Waals surface area contributed by atoms with Gasteiger partial charge in [0.1, 0.15) is 42.9 Å². The predicted molar refractivity (Wildman–Crippen MR) is 112 cm³/mol. The summed E-state index contributed by atoms with van der Waals surface area (Å²) < 4.78 is 37.2. The molecule has 12 nitrogen and oxygen atoms in total. The molecule has 4 heterocycles. The molecule has 0 unspecified atom stereocenters. The SMILES string of the molecule is CS(=O)(=O)N1CCC(CC(=O)OC[C@H]2O[C@@H](c3ccc4c(N)ncnn34)[C@H](O)[C@@H]2O)CC1. The van der Waals surface area contributed by atoms with Crippen molar-refractivity contribution in [3.63, 3.8) is 0 Å². The fraction of sp³-hybridized carbons (Fsp3) is 0.632. The van der Waals surface area contributed by atoms with Gasteiger partial charge in [-0.15, -0.1) is 0 Å². The number of nitrogens with two attached hydrogens (primary N) is 1. The maximum Gasteiger partial charge on any atom is 0.306 e. The van der Waals surface area contributed by atoms with E-state index >= 15 is 0 Å². The quantitative estimate of drug-likeness (QED) is 0.450. The Morgan fingerprint density at radius 3 is 2.69 bits per heavy atom. The molecule has 0 amide bonds. The number of aliphatic hydroxyl groups excluding tert-OH is 2. The Balaban J connectivity index is 1.31. The Hall–Kier alpha value is -2.32. The molecular weight excluding hydrogens is 442 g/mol. The standard InChI is InChI=1S/C19H27N5O7S/c1-32(28,29)23-6-4-11(5-7-23)8-15(25)30-9-14-16(26)17(27)18(31-14)12-2-3-13-19(20)21-10-22-24(12)13/h2-3,10-11,14,16-18,26-27H,4-9H2,1H3,(H2,20,21,22)/t14-,16-,17-,18+/m1/s1. The Morgan fingerprint density at radius 2 is 2.00 bits per heavy atom. The lowest BCUT2D eigenvalue weighted by Gasteiger charge is -2.29. The number of rotatable bonds is 6. The molecule has 0 aliphatic carbocycles. The molecule has 2 aliphatic heterocycles. The average molecular weight is 470 g/mol. The first-order valence-electron chi connectivity index (χ1n) is 10.4. The van der Waals surface area contributed by atoms with Crippen molar-refractivity contribution in [3.05, 3.63) is 24.2 Å². The van der Waals surface area contributed by atoms with Gasteiger partial charge in [0.25, 0.3) is 0 Å². The van der Waals surface area contributed by atoms with Crippen molar-refractivity contribution in [1.29, 1.82) is 0 Å². The molecule has 2 aromatic rings. The van der Waals surface area contributed by atoms with Gasteiger partial charge in [-0.25, -0.2) is 22.2 Å². The van der Waals surface area contributed by atoms with Crippen LogP contribution >= 0.6 is 0 Å². The largest absolute Gasteiger partial charge is 0.463 e. The lowest BCUT2D eigenvalue weighted by molar-refractivity contribution is -0.150. The van der Waals surface area contributed by atoms with Crippen LogP contribution in [0.5, 0.6) is 0 Å². The van der Waals surface area contributed by atoms with Gasteiger partial charge in [0, 0.05) is 19.5 Å². The lowest BCUT2D eigenvalue weighted by Crippen LogP contribution is -2.38. The first-order chi connectivity index (χ1) is 15.1. The highest BCUT2D eigenvalue weighted by Crippen LogP contribution is 2.35. The fourth-order valence-corrected chi connectivity index (χ4v) is 5.11. The molecule has 2 aromatic heterocycles. The van der Waals surface area contributed by atoms with Gasteiger partial charge in [0.15, 0.2) is 5.82 Å². The number of aliphatic hydroxyl groups is 2. The minimum atomic E-state index is -3.22. The molecule has 0 saturated carbocycles. The van der Waals surface area contributed by atoms with Crippen LogP contribution in [-0.2, 0) is 24.3 Å². The van der Waals surface area contributed by atoms with E-state index in [2.05, 4.69) is 10.1 Å². The number of nitrogen functional groups attached to an aromatic ring is 1. The molecule has 2 fully saturated rings. The van der Waals surface area contributed by atoms with Gasteiger partial charge < -0.3 is 25.4 Å². The molecule has 32 heavy (non-hydrogen) atoms. The molecule has 2 saturated heterocycles. The highest BCUT2D eigenvalue weighted by atomic mass is 32.2. The first kappa shape index (κ1) is 22.9. The molecule has 4 atom stereocenters. The number of anilines is 1. The molecule has 4 rings (SSSR count). The zero-order valence-corrected chi connectivity index (χ0v) is 18.4. The molecule has 4 N–H and O–H groups in total. The molecule has 0 radical (unpaired) electrons. The molecule has 13 heteroatoms. The van der Waals surface area contributed by atoms with Crippen LogP contribution in [0.25, 0.3) is 5.52 Å². The number of carbonyl (C=O) groups is 1. The molecule has 0 spiro atoms. The van der Waals surface area contributed by atoms with Crippen molar-refractivity contribution >= 4 is 27.3 Å². The number of hydrogen-bond acceptors (Lipinski definition) is 10. The average Bonchev–Trinajstić information content (AvgIpc) is 3.29. The molecule has 2 aliphatic rings. The van der Waals surface area contributed by atoms with E-state index in [0.29, 0.717) is 37.1 Å². The predicted octanol–water partition coefficient (Wildman–Crippen LogP) is -0.922. The number of carbonyl (C=O) groups excluding carboxylic acids is 1. The summed E-state index contributed by atoms with van der Waals surface area (Å²) in [7, 11) is -3.22. The van der Waals surface area contributed by atoms with Crippen molar-refractivity contribution in [2.24, 2.45) is 5.92 Å². The van der Waals surface area contributed by atoms with Gasteiger partial charge in [0.2, 0.25) is 10.0 Å². The number of ether oxygens (including phenoxy) is 2. The fourth-order valence-electron chi connectivity index (χ4n) is 4.23. The molecule has 0 bridgehead atoms. The van der Waals surface area contributed by atoms with Gasteiger partial charge in [-0.05, 0) is 30.9 Å². The van der Waals surface area contributed by atoms with Crippen molar-refractivity contribution in [2.75, 3.05) is 31.7 Å². The van der Waals surface area contributed by atoms with Crippen LogP contribution < -0.4 is 5.73 Å². The van der Waals surface area contributed by atoms with Crippen molar-refractivity contribution in [1.82, 2.24) is 18.9 Å². The van der Waals surface area contributed by atoms with Gasteiger partial charge in [-0.1, -0.05) is 0 Å². The number of fused-ring (bicyclic) bond motifs is 1. The van der Waals surface area contributed by atoms with E-state index in [4.69, 9.17) is 15.2 Å². The summed E-state index contributed by atoms with van der Waals surface area (Å²) in [6, 6.07) is 3.37. The van der Waals surface area contributed by atoms with Crippen molar-refractivity contribution < 1.29 is 32.9 Å². The number of hydrogen-bond donors (Lipinski definition) is 3. The van der Waals surface area contributed by atoms with Gasteiger partial charge in [0.05, 0.1) is 11.9 Å². The van der Waals surface area contributed by atoms with Crippen LogP contribution in [-0.4, -0.2) is 87.8 Å². The number of piperidine rings is 1. The highest BCUT2D eigenvalue weighted by Gasteiger charge is 2.45. The summed E-state index contributed by atoms with van der Waals surface area (Å²) in [6.07, 6.45) is -0.509. The second-order valence-corrected chi connectivity index (χ2v) is 10.3. The van der Waals surface area contributed by atoms with Crippen molar-refractivity contribution in [2.45, 2.75) is 43.7 Å². The maximum atomic E-state index is 12.3. The van der Waals surface area contributed by atoms with E-state index in [1.807, 2.05) is 0 Å². The Kier molecular flexibility index (Phi) is 6.36. The van der Waals surface area contributed by atoms with Crippen LogP contribution in [0.1, 0.15) is 31.1 Å². The summed E-state index contributed by atoms with van der Waals surface area (Å²) in [5.74, 6) is -0.150. The van der Waals surface area contributed by atoms with Crippen LogP contribution in [0.2, 0.25) is 0 Å². The van der Waals surface area contributed by atoms with E-state index in [1.165, 1.54) is 21.4 Å². The summed E-state index contributed by atoms with van der Waals surface area (Å²) in [5.41, 5.74) is 6.87. The normalized spacial score (nSPS) is 27.7. The van der Waals surface area contributed by atoms with E-state index < -0.39 is 40.4 Å². The molecular formula is C19H27N5O7S. The van der Waals surface area contributed by atoms with E-state index in [0.717, 1.165) is 0 Å². The Labute approximate surface area is 185 Å². The zero-order chi connectivity index (χ0) is 23.0. The summed E-state index contributed by atoms with van der Waals surface area (Å²) >= 11 is 0. The number of aromatic nitrogens is 3. The molecule has 176 valence electrons. The number of nitrogens with zero attached hydrogens (tertiary/aromatic N) is 4. The third kappa shape index (κ3) is 4.57. The molecule has 0 aromatic carbocycles. The van der Waals surface area contributed by atoms with Crippen LogP contribution in [0, 0.1) is 5.92 Å². The smallest absolute Gasteiger partial charge is 0.306 e. The number of sulfonamides is 1. The van der Waals surface area contributed by atoms with Crippen LogP contribution in [0.3, 0.4) is 0 Å². The van der Waals surface area contributed by atoms with Gasteiger partial charge >= 0.3 is 5.97 Å². The van der Waals surface area contributed by atoms with E-state index in [1.54, 1.807) is 12.1 Å². The van der Waals surface area contributed by atoms with Crippen LogP contribution in [0.15, 0.2) is 18.5 Å². The minimum Gasteiger partial charge on any atom is -0.463 e. The van der Waals surface area contributed by atoms with Gasteiger partial charge in [-0.3, -0.25) is 4.79 Å². The minimum absolute atomic E-state index is 0.0329.